The lowest BCUT2D eigenvalue weighted by molar-refractivity contribution is -0.120. The van der Waals surface area contributed by atoms with Crippen LogP contribution in [0, 0.1) is 0 Å². The molecule has 0 radical (unpaired) electrons. The molecule has 0 saturated carbocycles. The average Bonchev–Trinajstić information content (AvgIpc) is 2.65. The first kappa shape index (κ1) is 19.6. The molecule has 1 aliphatic rings. The number of nitrogens with one attached hydrogen (secondary N) is 2. The summed E-state index contributed by atoms with van der Waals surface area (Å²) in [6.07, 6.45) is -0.663. The highest BCUT2D eigenvalue weighted by Gasteiger charge is 2.31. The van der Waals surface area contributed by atoms with Gasteiger partial charge in [-0.25, -0.2) is 9.59 Å². The fraction of sp³-hybridized carbons (Fsp3) is 0.500. The molecule has 1 aromatic carbocycles. The average molecular weight is 363 g/mol. The van der Waals surface area contributed by atoms with Gasteiger partial charge in [-0.15, -0.1) is 0 Å². The van der Waals surface area contributed by atoms with Crippen molar-refractivity contribution in [3.63, 3.8) is 0 Å². The number of likely N-dealkylation sites (N-methyl/N-ethyl adjacent to an activating group) is 1. The molecule has 0 unspecified atom stereocenters. The fourth-order valence-corrected chi connectivity index (χ4v) is 2.53. The molecule has 0 bridgehead atoms. The number of fused-ring (bicyclic) bond motifs is 1. The van der Waals surface area contributed by atoms with Gasteiger partial charge in [-0.1, -0.05) is 0 Å². The lowest BCUT2D eigenvalue weighted by atomic mass is 10.1. The number of rotatable bonds is 3. The third-order valence-electron chi connectivity index (χ3n) is 3.69. The molecule has 0 aliphatic carbocycles. The van der Waals surface area contributed by atoms with Crippen LogP contribution in [0.1, 0.15) is 38.1 Å². The van der Waals surface area contributed by atoms with E-state index in [2.05, 4.69) is 10.6 Å². The molecular formula is C18H25N3O5. The maximum Gasteiger partial charge on any atom is 0.408 e. The van der Waals surface area contributed by atoms with Gasteiger partial charge in [0.05, 0.1) is 23.5 Å². The van der Waals surface area contributed by atoms with Crippen LogP contribution in [0.3, 0.4) is 0 Å². The van der Waals surface area contributed by atoms with Gasteiger partial charge in [0.25, 0.3) is 5.91 Å². The first-order chi connectivity index (χ1) is 12.1. The van der Waals surface area contributed by atoms with Crippen LogP contribution in [0.5, 0.6) is 0 Å². The van der Waals surface area contributed by atoms with Gasteiger partial charge < -0.3 is 25.0 Å². The highest BCUT2D eigenvalue weighted by atomic mass is 16.6. The van der Waals surface area contributed by atoms with Gasteiger partial charge in [-0.05, 0) is 45.9 Å². The van der Waals surface area contributed by atoms with Crippen molar-refractivity contribution in [3.05, 3.63) is 23.8 Å². The Morgan fingerprint density at radius 3 is 2.65 bits per heavy atom. The van der Waals surface area contributed by atoms with Crippen molar-refractivity contribution >= 4 is 29.3 Å². The Labute approximate surface area is 152 Å². The molecule has 2 N–H and O–H groups in total. The number of esters is 1. The van der Waals surface area contributed by atoms with E-state index >= 15 is 0 Å². The second-order valence-electron chi connectivity index (χ2n) is 6.93. The Morgan fingerprint density at radius 2 is 2.04 bits per heavy atom. The van der Waals surface area contributed by atoms with Crippen LogP contribution >= 0.6 is 0 Å². The SMILES string of the molecule is CCOC(=O)c1ccc2c(c1)NC[C@H](NC(=O)OC(C)(C)C)C(=O)N2C. The molecule has 2 rings (SSSR count). The summed E-state index contributed by atoms with van der Waals surface area (Å²) in [5.74, 6) is -0.718. The molecule has 8 nitrogen and oxygen atoms in total. The van der Waals surface area contributed by atoms with Crippen molar-refractivity contribution < 1.29 is 23.9 Å². The maximum atomic E-state index is 12.7. The molecule has 0 saturated heterocycles. The number of alkyl carbamates (subject to hydrolysis) is 1. The van der Waals surface area contributed by atoms with Gasteiger partial charge in [-0.3, -0.25) is 4.79 Å². The van der Waals surface area contributed by atoms with E-state index in [0.717, 1.165) is 0 Å². The first-order valence-corrected chi connectivity index (χ1v) is 8.44. The monoisotopic (exact) mass is 363 g/mol. The topological polar surface area (TPSA) is 97.0 Å². The Balaban J connectivity index is 2.18. The fourth-order valence-electron chi connectivity index (χ4n) is 2.53. The van der Waals surface area contributed by atoms with Crippen LogP contribution in [-0.2, 0) is 14.3 Å². The molecule has 26 heavy (non-hydrogen) atoms. The van der Waals surface area contributed by atoms with Crippen molar-refractivity contribution in [1.29, 1.82) is 0 Å². The van der Waals surface area contributed by atoms with Crippen molar-refractivity contribution in [2.24, 2.45) is 0 Å². The van der Waals surface area contributed by atoms with Crippen LogP contribution in [0.15, 0.2) is 18.2 Å². The summed E-state index contributed by atoms with van der Waals surface area (Å²) in [4.78, 5) is 38.0. The summed E-state index contributed by atoms with van der Waals surface area (Å²) >= 11 is 0. The van der Waals surface area contributed by atoms with Gasteiger partial charge in [0.15, 0.2) is 0 Å². The Bertz CT molecular complexity index is 711. The lowest BCUT2D eigenvalue weighted by Crippen LogP contribution is -2.50. The maximum absolute atomic E-state index is 12.7. The minimum absolute atomic E-state index is 0.168. The highest BCUT2D eigenvalue weighted by molar-refractivity contribution is 6.03. The number of anilines is 2. The number of carbonyl (C=O) groups excluding carboxylic acids is 3. The molecule has 0 aromatic heterocycles. The van der Waals surface area contributed by atoms with Gasteiger partial charge in [-0.2, -0.15) is 0 Å². The minimum Gasteiger partial charge on any atom is -0.462 e. The molecular weight excluding hydrogens is 338 g/mol. The predicted molar refractivity (Wildman–Crippen MR) is 97.5 cm³/mol. The van der Waals surface area contributed by atoms with Gasteiger partial charge in [0.1, 0.15) is 11.6 Å². The number of hydrogen-bond donors (Lipinski definition) is 2. The zero-order valence-electron chi connectivity index (χ0n) is 15.7. The van der Waals surface area contributed by atoms with E-state index in [0.29, 0.717) is 16.9 Å². The molecule has 0 fully saturated rings. The Morgan fingerprint density at radius 1 is 1.35 bits per heavy atom. The summed E-state index contributed by atoms with van der Waals surface area (Å²) in [7, 11) is 1.61. The van der Waals surface area contributed by atoms with Crippen LogP contribution < -0.4 is 15.5 Å². The number of carbonyl (C=O) groups is 3. The summed E-state index contributed by atoms with van der Waals surface area (Å²) < 4.78 is 10.2. The minimum atomic E-state index is -0.798. The lowest BCUT2D eigenvalue weighted by Gasteiger charge is -2.24. The molecule has 142 valence electrons. The van der Waals surface area contributed by atoms with Gasteiger partial charge in [0, 0.05) is 13.6 Å². The highest BCUT2D eigenvalue weighted by Crippen LogP contribution is 2.29. The van der Waals surface area contributed by atoms with E-state index < -0.39 is 23.7 Å². The summed E-state index contributed by atoms with van der Waals surface area (Å²) in [5.41, 5.74) is 0.947. The number of amides is 2. The number of ether oxygens (including phenoxy) is 2. The second kappa shape index (κ2) is 7.63. The van der Waals surface area contributed by atoms with Crippen LogP contribution in [0.2, 0.25) is 0 Å². The number of hydrogen-bond acceptors (Lipinski definition) is 6. The molecule has 2 amide bonds. The molecule has 1 atom stereocenters. The normalized spacial score (nSPS) is 16.9. The molecule has 1 aromatic rings. The van der Waals surface area contributed by atoms with Crippen LogP contribution in [0.25, 0.3) is 0 Å². The van der Waals surface area contributed by atoms with Crippen molar-refractivity contribution in [2.45, 2.75) is 39.3 Å². The first-order valence-electron chi connectivity index (χ1n) is 8.44. The van der Waals surface area contributed by atoms with Crippen LogP contribution in [0.4, 0.5) is 16.2 Å². The van der Waals surface area contributed by atoms with Gasteiger partial charge >= 0.3 is 12.1 Å². The zero-order valence-corrected chi connectivity index (χ0v) is 15.7. The molecule has 1 aliphatic heterocycles. The van der Waals surface area contributed by atoms with E-state index in [1.807, 2.05) is 0 Å². The smallest absolute Gasteiger partial charge is 0.408 e. The van der Waals surface area contributed by atoms with Gasteiger partial charge in [0.2, 0.25) is 0 Å². The van der Waals surface area contributed by atoms with Crippen molar-refractivity contribution in [1.82, 2.24) is 5.32 Å². The Kier molecular flexibility index (Phi) is 5.74. The predicted octanol–water partition coefficient (Wildman–Crippen LogP) is 2.14. The number of benzene rings is 1. The van der Waals surface area contributed by atoms with E-state index in [1.165, 1.54) is 4.90 Å². The number of nitrogens with zero attached hydrogens (tertiary/aromatic N) is 1. The van der Waals surface area contributed by atoms with E-state index in [9.17, 15) is 14.4 Å². The summed E-state index contributed by atoms with van der Waals surface area (Å²) in [6, 6.07) is 4.10. The molecule has 8 heteroatoms. The summed E-state index contributed by atoms with van der Waals surface area (Å²) in [5, 5.41) is 5.68. The second-order valence-corrected chi connectivity index (χ2v) is 6.93. The third-order valence-corrected chi connectivity index (χ3v) is 3.69. The Hall–Kier alpha value is -2.77. The van der Waals surface area contributed by atoms with Crippen molar-refractivity contribution in [2.75, 3.05) is 30.4 Å². The molecule has 0 spiro atoms. The van der Waals surface area contributed by atoms with E-state index in [-0.39, 0.29) is 19.1 Å². The largest absolute Gasteiger partial charge is 0.462 e. The van der Waals surface area contributed by atoms with E-state index in [1.54, 1.807) is 52.9 Å². The van der Waals surface area contributed by atoms with Crippen LogP contribution in [-0.4, -0.2) is 49.8 Å². The summed E-state index contributed by atoms with van der Waals surface area (Å²) in [6.45, 7) is 7.43. The quantitative estimate of drug-likeness (QED) is 0.799. The van der Waals surface area contributed by atoms with Crippen molar-refractivity contribution in [3.8, 4) is 0 Å². The molecule has 1 heterocycles. The standard InChI is InChI=1S/C18H25N3O5/c1-6-25-16(23)11-7-8-14-12(9-11)19-10-13(15(22)21(14)5)20-17(24)26-18(2,3)4/h7-9,13,19H,6,10H2,1-5H3,(H,20,24)/t13-/m0/s1. The van der Waals surface area contributed by atoms with E-state index in [4.69, 9.17) is 9.47 Å². The third kappa shape index (κ3) is 4.65. The zero-order chi connectivity index (χ0) is 19.5.